The molecule has 0 radical (unpaired) electrons. The molecule has 0 bridgehead atoms. The van der Waals surface area contributed by atoms with Gasteiger partial charge >= 0.3 is 0 Å². The normalized spacial score (nSPS) is 10.7. The predicted octanol–water partition coefficient (Wildman–Crippen LogP) is 4.38. The number of carbonyl (C=O) groups excluding carboxylic acids is 1. The molecule has 2 heterocycles. The molecule has 100 valence electrons. The first-order valence-electron chi connectivity index (χ1n) is 5.56. The first-order valence-corrected chi connectivity index (χ1v) is 7.64. The third kappa shape index (κ3) is 2.92. The Labute approximate surface area is 127 Å². The first-order chi connectivity index (χ1) is 9.72. The fourth-order valence-corrected chi connectivity index (χ4v) is 3.06. The summed E-state index contributed by atoms with van der Waals surface area (Å²) in [6.45, 7) is 0. The van der Waals surface area contributed by atoms with Gasteiger partial charge in [0.2, 0.25) is 0 Å². The van der Waals surface area contributed by atoms with Gasteiger partial charge in [0.1, 0.15) is 11.3 Å². The number of nitrogens with zero attached hydrogens (tertiary/aromatic N) is 2. The summed E-state index contributed by atoms with van der Waals surface area (Å²) in [5.74, 6) is 0.883. The van der Waals surface area contributed by atoms with Crippen molar-refractivity contribution in [2.45, 2.75) is 4.34 Å². The van der Waals surface area contributed by atoms with Crippen LogP contribution in [0.5, 0.6) is 0 Å². The lowest BCUT2D eigenvalue weighted by atomic mass is 10.2. The monoisotopic (exact) mass is 322 g/mol. The maximum atomic E-state index is 12.0. The number of aromatic nitrogens is 2. The quantitative estimate of drug-likeness (QED) is 0.670. The maximum absolute atomic E-state index is 12.0. The lowest BCUT2D eigenvalue weighted by Gasteiger charge is -1.97. The summed E-state index contributed by atoms with van der Waals surface area (Å²) in [5.41, 5.74) is 2.41. The molecule has 1 aromatic carbocycles. The Hall–Kier alpha value is -1.63. The van der Waals surface area contributed by atoms with Gasteiger partial charge in [-0.25, -0.2) is 0 Å². The van der Waals surface area contributed by atoms with Gasteiger partial charge in [0.15, 0.2) is 10.1 Å². The average Bonchev–Trinajstić information content (AvgIpc) is 3.09. The number of halogens is 1. The van der Waals surface area contributed by atoms with Crippen LogP contribution in [-0.4, -0.2) is 15.3 Å². The molecular weight excluding hydrogens is 316 g/mol. The molecular formula is C13H7ClN2O2S2. The van der Waals surface area contributed by atoms with Crippen molar-refractivity contribution in [3.63, 3.8) is 0 Å². The highest BCUT2D eigenvalue weighted by Crippen LogP contribution is 2.29. The fourth-order valence-electron chi connectivity index (χ4n) is 1.58. The Morgan fingerprint density at radius 2 is 2.20 bits per heavy atom. The highest BCUT2D eigenvalue weighted by molar-refractivity contribution is 8.15. The Bertz CT molecular complexity index is 740. The van der Waals surface area contributed by atoms with Crippen molar-refractivity contribution >= 4 is 39.8 Å². The van der Waals surface area contributed by atoms with E-state index in [2.05, 4.69) is 10.2 Å². The highest BCUT2D eigenvalue weighted by atomic mass is 35.5. The van der Waals surface area contributed by atoms with E-state index < -0.39 is 0 Å². The van der Waals surface area contributed by atoms with E-state index in [0.717, 1.165) is 17.3 Å². The van der Waals surface area contributed by atoms with E-state index in [9.17, 15) is 4.79 Å². The average molecular weight is 323 g/mol. The van der Waals surface area contributed by atoms with Crippen LogP contribution in [-0.2, 0) is 0 Å². The molecule has 0 atom stereocenters. The SMILES string of the molecule is O=C(Sc1nncs1)c1ccc(-c2cccc(Cl)c2)o1. The number of rotatable bonds is 3. The molecule has 0 aliphatic heterocycles. The summed E-state index contributed by atoms with van der Waals surface area (Å²) in [7, 11) is 0. The van der Waals surface area contributed by atoms with Gasteiger partial charge in [-0.1, -0.05) is 35.1 Å². The van der Waals surface area contributed by atoms with Crippen LogP contribution in [0.4, 0.5) is 0 Å². The van der Waals surface area contributed by atoms with E-state index >= 15 is 0 Å². The lowest BCUT2D eigenvalue weighted by molar-refractivity contribution is 0.106. The van der Waals surface area contributed by atoms with Crippen LogP contribution in [0.15, 0.2) is 50.7 Å². The molecule has 2 aromatic heterocycles. The number of benzene rings is 1. The molecule has 0 saturated carbocycles. The van der Waals surface area contributed by atoms with E-state index in [0.29, 0.717) is 15.1 Å². The van der Waals surface area contributed by atoms with Crippen LogP contribution in [0.3, 0.4) is 0 Å². The van der Waals surface area contributed by atoms with Gasteiger partial charge in [-0.15, -0.1) is 10.2 Å². The molecule has 0 aliphatic carbocycles. The number of hydrogen-bond donors (Lipinski definition) is 0. The van der Waals surface area contributed by atoms with E-state index in [1.807, 2.05) is 12.1 Å². The van der Waals surface area contributed by atoms with Crippen molar-refractivity contribution in [3.8, 4) is 11.3 Å². The molecule has 3 aromatic rings. The minimum absolute atomic E-state index is 0.199. The topological polar surface area (TPSA) is 56.0 Å². The summed E-state index contributed by atoms with van der Waals surface area (Å²) in [4.78, 5) is 12.0. The molecule has 0 unspecified atom stereocenters. The second-order valence-electron chi connectivity index (χ2n) is 3.77. The summed E-state index contributed by atoms with van der Waals surface area (Å²) in [6, 6.07) is 10.7. The van der Waals surface area contributed by atoms with Gasteiger partial charge in [-0.3, -0.25) is 4.79 Å². The summed E-state index contributed by atoms with van der Waals surface area (Å²) < 4.78 is 6.16. The lowest BCUT2D eigenvalue weighted by Crippen LogP contribution is -1.89. The minimum atomic E-state index is -0.199. The van der Waals surface area contributed by atoms with Crippen molar-refractivity contribution in [1.82, 2.24) is 10.2 Å². The van der Waals surface area contributed by atoms with Crippen molar-refractivity contribution in [2.24, 2.45) is 0 Å². The molecule has 0 N–H and O–H groups in total. The number of furan rings is 1. The molecule has 0 fully saturated rings. The number of hydrogen-bond acceptors (Lipinski definition) is 6. The fraction of sp³-hybridized carbons (Fsp3) is 0. The van der Waals surface area contributed by atoms with E-state index in [4.69, 9.17) is 16.0 Å². The second kappa shape index (κ2) is 5.78. The van der Waals surface area contributed by atoms with Crippen LogP contribution < -0.4 is 0 Å². The maximum Gasteiger partial charge on any atom is 0.261 e. The zero-order chi connectivity index (χ0) is 13.9. The van der Waals surface area contributed by atoms with Gasteiger partial charge in [0.05, 0.1) is 0 Å². The smallest absolute Gasteiger partial charge is 0.261 e. The molecule has 0 spiro atoms. The van der Waals surface area contributed by atoms with Crippen molar-refractivity contribution in [2.75, 3.05) is 0 Å². The van der Waals surface area contributed by atoms with E-state index in [-0.39, 0.29) is 10.9 Å². The standard InChI is InChI=1S/C13H7ClN2O2S2/c14-9-3-1-2-8(6-9)10-4-5-11(18-10)12(17)20-13-16-15-7-19-13/h1-7H. The van der Waals surface area contributed by atoms with Gasteiger partial charge in [-0.2, -0.15) is 0 Å². The first kappa shape index (κ1) is 13.4. The Kier molecular flexibility index (Phi) is 3.86. The second-order valence-corrected chi connectivity index (χ2v) is 6.26. The summed E-state index contributed by atoms with van der Waals surface area (Å²) >= 11 is 8.25. The molecule has 20 heavy (non-hydrogen) atoms. The number of thioether (sulfide) groups is 1. The third-order valence-corrected chi connectivity index (χ3v) is 4.34. The van der Waals surface area contributed by atoms with Crippen molar-refractivity contribution in [1.29, 1.82) is 0 Å². The van der Waals surface area contributed by atoms with Gasteiger partial charge in [0, 0.05) is 10.6 Å². The highest BCUT2D eigenvalue weighted by Gasteiger charge is 2.15. The third-order valence-electron chi connectivity index (χ3n) is 2.44. The van der Waals surface area contributed by atoms with Gasteiger partial charge in [-0.05, 0) is 36.0 Å². The van der Waals surface area contributed by atoms with Crippen LogP contribution in [0.1, 0.15) is 10.6 Å². The van der Waals surface area contributed by atoms with Crippen LogP contribution in [0, 0.1) is 0 Å². The zero-order valence-electron chi connectivity index (χ0n) is 9.95. The van der Waals surface area contributed by atoms with Gasteiger partial charge in [0.25, 0.3) is 5.12 Å². The van der Waals surface area contributed by atoms with Crippen LogP contribution >= 0.6 is 34.7 Å². The molecule has 4 nitrogen and oxygen atoms in total. The van der Waals surface area contributed by atoms with Crippen molar-refractivity contribution < 1.29 is 9.21 Å². The summed E-state index contributed by atoms with van der Waals surface area (Å²) in [5, 5.41) is 7.91. The molecule has 0 aliphatic rings. The van der Waals surface area contributed by atoms with Gasteiger partial charge < -0.3 is 4.42 Å². The van der Waals surface area contributed by atoms with E-state index in [1.165, 1.54) is 11.3 Å². The van der Waals surface area contributed by atoms with Crippen LogP contribution in [0.2, 0.25) is 5.02 Å². The minimum Gasteiger partial charge on any atom is -0.452 e. The van der Waals surface area contributed by atoms with Crippen molar-refractivity contribution in [3.05, 3.63) is 52.7 Å². The Morgan fingerprint density at radius 3 is 2.95 bits per heavy atom. The summed E-state index contributed by atoms with van der Waals surface area (Å²) in [6.07, 6.45) is 0. The van der Waals surface area contributed by atoms with Crippen LogP contribution in [0.25, 0.3) is 11.3 Å². The molecule has 0 saturated heterocycles. The Morgan fingerprint density at radius 1 is 1.30 bits per heavy atom. The largest absolute Gasteiger partial charge is 0.452 e. The number of carbonyl (C=O) groups is 1. The van der Waals surface area contributed by atoms with E-state index in [1.54, 1.807) is 29.8 Å². The molecule has 0 amide bonds. The molecule has 3 rings (SSSR count). The predicted molar refractivity (Wildman–Crippen MR) is 79.3 cm³/mol. The zero-order valence-corrected chi connectivity index (χ0v) is 12.3. The Balaban J connectivity index is 1.81. The molecule has 7 heteroatoms.